The normalized spacial score (nSPS) is 16.3. The Morgan fingerprint density at radius 3 is 2.72 bits per heavy atom. The zero-order valence-electron chi connectivity index (χ0n) is 10.2. The van der Waals surface area contributed by atoms with Crippen LogP contribution < -0.4 is 10.1 Å². The van der Waals surface area contributed by atoms with Gasteiger partial charge in [-0.3, -0.25) is 10.1 Å². The molecule has 0 unspecified atom stereocenters. The van der Waals surface area contributed by atoms with E-state index in [2.05, 4.69) is 5.32 Å². The third-order valence-corrected chi connectivity index (χ3v) is 2.86. The smallest absolute Gasteiger partial charge is 0.275 e. The molecule has 1 aromatic carbocycles. The van der Waals surface area contributed by atoms with Crippen LogP contribution >= 0.6 is 0 Å². The molecule has 0 atom stereocenters. The first-order valence-electron chi connectivity index (χ1n) is 5.90. The van der Waals surface area contributed by atoms with Crippen molar-refractivity contribution in [1.82, 2.24) is 0 Å². The lowest BCUT2D eigenvalue weighted by atomic mass is 10.1. The molecule has 98 valence electrons. The Hall–Kier alpha value is -1.82. The second-order valence-corrected chi connectivity index (χ2v) is 4.15. The topological polar surface area (TPSA) is 73.6 Å². The third-order valence-electron chi connectivity index (χ3n) is 2.86. The van der Waals surface area contributed by atoms with Gasteiger partial charge in [-0.2, -0.15) is 0 Å². The minimum absolute atomic E-state index is 0.0314. The van der Waals surface area contributed by atoms with Gasteiger partial charge in [0, 0.05) is 37.7 Å². The van der Waals surface area contributed by atoms with E-state index in [1.807, 2.05) is 0 Å². The quantitative estimate of drug-likeness (QED) is 0.656. The fraction of sp³-hybridized carbons (Fsp3) is 0.500. The van der Waals surface area contributed by atoms with Gasteiger partial charge in [-0.25, -0.2) is 0 Å². The molecule has 6 heteroatoms. The fourth-order valence-corrected chi connectivity index (χ4v) is 1.89. The number of anilines is 1. The molecular weight excluding hydrogens is 236 g/mol. The van der Waals surface area contributed by atoms with E-state index in [1.165, 1.54) is 12.1 Å². The van der Waals surface area contributed by atoms with Gasteiger partial charge in [0.1, 0.15) is 11.9 Å². The van der Waals surface area contributed by atoms with Crippen LogP contribution in [0, 0.1) is 10.1 Å². The molecule has 1 fully saturated rings. The molecule has 0 amide bonds. The van der Waals surface area contributed by atoms with Crippen LogP contribution in [-0.4, -0.2) is 31.3 Å². The molecule has 1 N–H and O–H groups in total. The van der Waals surface area contributed by atoms with Crippen molar-refractivity contribution >= 4 is 11.4 Å². The summed E-state index contributed by atoms with van der Waals surface area (Å²) in [7, 11) is 1.72. The van der Waals surface area contributed by atoms with Gasteiger partial charge in [0.05, 0.1) is 24.2 Å². The van der Waals surface area contributed by atoms with Crippen LogP contribution in [0.4, 0.5) is 11.4 Å². The van der Waals surface area contributed by atoms with Gasteiger partial charge < -0.3 is 14.8 Å². The first kappa shape index (κ1) is 12.6. The van der Waals surface area contributed by atoms with E-state index in [1.54, 1.807) is 13.1 Å². The third kappa shape index (κ3) is 3.10. The number of nitro benzene ring substituents is 1. The molecule has 1 aliphatic rings. The van der Waals surface area contributed by atoms with E-state index >= 15 is 0 Å². The largest absolute Gasteiger partial charge is 0.490 e. The lowest BCUT2D eigenvalue weighted by Gasteiger charge is -2.23. The predicted octanol–water partition coefficient (Wildman–Crippen LogP) is 2.19. The van der Waals surface area contributed by atoms with Crippen molar-refractivity contribution in [3.63, 3.8) is 0 Å². The molecule has 0 saturated carbocycles. The zero-order valence-corrected chi connectivity index (χ0v) is 10.2. The maximum Gasteiger partial charge on any atom is 0.275 e. The SMILES string of the molecule is CNc1cc(OC2CCOCC2)cc([N+](=O)[O-])c1. The van der Waals surface area contributed by atoms with Gasteiger partial charge in [0.25, 0.3) is 5.69 Å². The number of non-ortho nitro benzene ring substituents is 1. The van der Waals surface area contributed by atoms with Crippen molar-refractivity contribution in [2.24, 2.45) is 0 Å². The standard InChI is InChI=1S/C12H16N2O4/c1-13-9-6-10(14(15)16)8-12(7-9)18-11-2-4-17-5-3-11/h6-8,11,13H,2-5H2,1H3. The van der Waals surface area contributed by atoms with Gasteiger partial charge in [-0.1, -0.05) is 0 Å². The van der Waals surface area contributed by atoms with Crippen LogP contribution in [0.2, 0.25) is 0 Å². The van der Waals surface area contributed by atoms with E-state index in [-0.39, 0.29) is 11.8 Å². The summed E-state index contributed by atoms with van der Waals surface area (Å²) in [6, 6.07) is 4.70. The fourth-order valence-electron chi connectivity index (χ4n) is 1.89. The Bertz CT molecular complexity index is 430. The minimum atomic E-state index is -0.419. The summed E-state index contributed by atoms with van der Waals surface area (Å²) in [5, 5.41) is 13.7. The predicted molar refractivity (Wildman–Crippen MR) is 67.1 cm³/mol. The van der Waals surface area contributed by atoms with Crippen LogP contribution in [0.15, 0.2) is 18.2 Å². The number of hydrogen-bond acceptors (Lipinski definition) is 5. The van der Waals surface area contributed by atoms with Crippen LogP contribution in [0.1, 0.15) is 12.8 Å². The Morgan fingerprint density at radius 2 is 2.11 bits per heavy atom. The van der Waals surface area contributed by atoms with Crippen molar-refractivity contribution in [2.75, 3.05) is 25.6 Å². The lowest BCUT2D eigenvalue weighted by molar-refractivity contribution is -0.384. The second kappa shape index (κ2) is 5.68. The van der Waals surface area contributed by atoms with Crippen molar-refractivity contribution in [2.45, 2.75) is 18.9 Å². The Kier molecular flexibility index (Phi) is 3.99. The number of nitrogens with one attached hydrogen (secondary N) is 1. The molecule has 1 heterocycles. The molecule has 0 radical (unpaired) electrons. The van der Waals surface area contributed by atoms with Crippen LogP contribution in [0.5, 0.6) is 5.75 Å². The molecule has 0 spiro atoms. The minimum Gasteiger partial charge on any atom is -0.490 e. The summed E-state index contributed by atoms with van der Waals surface area (Å²) in [5.74, 6) is 0.528. The van der Waals surface area contributed by atoms with Gasteiger partial charge in [0.15, 0.2) is 0 Å². The van der Waals surface area contributed by atoms with E-state index in [0.29, 0.717) is 24.7 Å². The Morgan fingerprint density at radius 1 is 1.39 bits per heavy atom. The highest BCUT2D eigenvalue weighted by Crippen LogP contribution is 2.27. The number of rotatable bonds is 4. The van der Waals surface area contributed by atoms with E-state index in [9.17, 15) is 10.1 Å². The van der Waals surface area contributed by atoms with Crippen molar-refractivity contribution in [1.29, 1.82) is 0 Å². The molecule has 0 bridgehead atoms. The van der Waals surface area contributed by atoms with E-state index < -0.39 is 4.92 Å². The van der Waals surface area contributed by atoms with Crippen LogP contribution in [0.25, 0.3) is 0 Å². The summed E-state index contributed by atoms with van der Waals surface area (Å²) >= 11 is 0. The molecule has 0 aromatic heterocycles. The van der Waals surface area contributed by atoms with E-state index in [4.69, 9.17) is 9.47 Å². The summed E-state index contributed by atoms with van der Waals surface area (Å²) < 4.78 is 11.0. The highest BCUT2D eigenvalue weighted by Gasteiger charge is 2.17. The molecular formula is C12H16N2O4. The lowest BCUT2D eigenvalue weighted by Crippen LogP contribution is -2.25. The molecule has 2 rings (SSSR count). The first-order chi connectivity index (χ1) is 8.69. The Balaban J connectivity index is 2.15. The highest BCUT2D eigenvalue weighted by molar-refractivity contribution is 5.56. The van der Waals surface area contributed by atoms with Gasteiger partial charge in [0.2, 0.25) is 0 Å². The zero-order chi connectivity index (χ0) is 13.0. The summed E-state index contributed by atoms with van der Waals surface area (Å²) in [6.45, 7) is 1.36. The average Bonchev–Trinajstić information content (AvgIpc) is 2.39. The number of nitrogens with zero attached hydrogens (tertiary/aromatic N) is 1. The summed E-state index contributed by atoms with van der Waals surface area (Å²) in [5.41, 5.74) is 0.704. The van der Waals surface area contributed by atoms with Crippen molar-refractivity contribution in [3.8, 4) is 5.75 Å². The maximum atomic E-state index is 10.8. The van der Waals surface area contributed by atoms with Crippen LogP contribution in [-0.2, 0) is 4.74 Å². The average molecular weight is 252 g/mol. The monoisotopic (exact) mass is 252 g/mol. The molecule has 18 heavy (non-hydrogen) atoms. The van der Waals surface area contributed by atoms with Crippen molar-refractivity contribution in [3.05, 3.63) is 28.3 Å². The molecule has 1 aliphatic heterocycles. The molecule has 0 aliphatic carbocycles. The van der Waals surface area contributed by atoms with Crippen molar-refractivity contribution < 1.29 is 14.4 Å². The molecule has 6 nitrogen and oxygen atoms in total. The number of ether oxygens (including phenoxy) is 2. The molecule has 1 saturated heterocycles. The van der Waals surface area contributed by atoms with Gasteiger partial charge in [-0.05, 0) is 0 Å². The first-order valence-corrected chi connectivity index (χ1v) is 5.90. The highest BCUT2D eigenvalue weighted by atomic mass is 16.6. The summed E-state index contributed by atoms with van der Waals surface area (Å²) in [6.07, 6.45) is 1.71. The number of hydrogen-bond donors (Lipinski definition) is 1. The summed E-state index contributed by atoms with van der Waals surface area (Å²) in [4.78, 5) is 10.4. The Labute approximate surface area is 105 Å². The maximum absolute atomic E-state index is 10.8. The van der Waals surface area contributed by atoms with Gasteiger partial charge >= 0.3 is 0 Å². The molecule has 1 aromatic rings. The number of nitro groups is 1. The number of benzene rings is 1. The van der Waals surface area contributed by atoms with Crippen LogP contribution in [0.3, 0.4) is 0 Å². The van der Waals surface area contributed by atoms with Gasteiger partial charge in [-0.15, -0.1) is 0 Å². The second-order valence-electron chi connectivity index (χ2n) is 4.15. The van der Waals surface area contributed by atoms with E-state index in [0.717, 1.165) is 12.8 Å².